The standard InChI is InChI=1S/C31H46N4O5/c1-30(2,3)39-28(36)32-16-10-11-17-34(21-25-14-15-27(38-7)19-33-25)22-26-18-23-12-8-9-13-24(23)20-35(26)29(37)40-31(4,5)6/h8-9,12-15,19,26H,10-11,16-18,20-22H2,1-7H3,(H,32,36). The van der Waals surface area contributed by atoms with E-state index in [1.165, 1.54) is 5.56 Å². The number of hydrogen-bond acceptors (Lipinski definition) is 7. The Morgan fingerprint density at radius 3 is 2.33 bits per heavy atom. The molecule has 1 aromatic carbocycles. The molecule has 9 nitrogen and oxygen atoms in total. The van der Waals surface area contributed by atoms with E-state index < -0.39 is 17.3 Å². The highest BCUT2D eigenvalue weighted by Gasteiger charge is 2.34. The largest absolute Gasteiger partial charge is 0.495 e. The molecule has 220 valence electrons. The summed E-state index contributed by atoms with van der Waals surface area (Å²) in [6.45, 7) is 14.4. The van der Waals surface area contributed by atoms with E-state index in [0.29, 0.717) is 31.9 Å². The van der Waals surface area contributed by atoms with Crippen molar-refractivity contribution in [3.05, 3.63) is 59.4 Å². The van der Waals surface area contributed by atoms with Crippen molar-refractivity contribution in [3.8, 4) is 5.75 Å². The number of carbonyl (C=O) groups excluding carboxylic acids is 2. The summed E-state index contributed by atoms with van der Waals surface area (Å²) < 4.78 is 16.4. The Morgan fingerprint density at radius 2 is 1.70 bits per heavy atom. The number of fused-ring (bicyclic) bond motifs is 1. The lowest BCUT2D eigenvalue weighted by Gasteiger charge is -2.40. The van der Waals surface area contributed by atoms with Crippen molar-refractivity contribution in [2.24, 2.45) is 0 Å². The topological polar surface area (TPSA) is 93.2 Å². The minimum atomic E-state index is -0.577. The van der Waals surface area contributed by atoms with Crippen LogP contribution in [0.3, 0.4) is 0 Å². The number of nitrogens with zero attached hydrogens (tertiary/aromatic N) is 3. The molecule has 0 saturated carbocycles. The highest BCUT2D eigenvalue weighted by Crippen LogP contribution is 2.26. The molecule has 1 atom stereocenters. The van der Waals surface area contributed by atoms with E-state index in [9.17, 15) is 9.59 Å². The van der Waals surface area contributed by atoms with Crippen LogP contribution >= 0.6 is 0 Å². The normalized spacial score (nSPS) is 15.4. The van der Waals surface area contributed by atoms with Gasteiger partial charge in [-0.2, -0.15) is 0 Å². The predicted octanol–water partition coefficient (Wildman–Crippen LogP) is 5.56. The third kappa shape index (κ3) is 10.3. The van der Waals surface area contributed by atoms with Crippen LogP contribution in [0.1, 0.15) is 71.2 Å². The number of aromatic nitrogens is 1. The van der Waals surface area contributed by atoms with Gasteiger partial charge in [-0.15, -0.1) is 0 Å². The number of rotatable bonds is 10. The maximum absolute atomic E-state index is 13.3. The van der Waals surface area contributed by atoms with E-state index in [0.717, 1.165) is 37.1 Å². The van der Waals surface area contributed by atoms with Crippen LogP contribution in [0.2, 0.25) is 0 Å². The molecule has 1 unspecified atom stereocenters. The zero-order chi connectivity index (χ0) is 29.3. The molecule has 3 rings (SSSR count). The zero-order valence-corrected chi connectivity index (χ0v) is 25.2. The van der Waals surface area contributed by atoms with E-state index in [4.69, 9.17) is 14.2 Å². The predicted molar refractivity (Wildman–Crippen MR) is 155 cm³/mol. The van der Waals surface area contributed by atoms with Crippen molar-refractivity contribution >= 4 is 12.2 Å². The Kier molecular flexibility index (Phi) is 10.8. The lowest BCUT2D eigenvalue weighted by atomic mass is 9.94. The summed E-state index contributed by atoms with van der Waals surface area (Å²) in [5.74, 6) is 0.712. The quantitative estimate of drug-likeness (QED) is 0.385. The van der Waals surface area contributed by atoms with Gasteiger partial charge >= 0.3 is 12.2 Å². The fraction of sp³-hybridized carbons (Fsp3) is 0.581. The van der Waals surface area contributed by atoms with Crippen LogP contribution in [-0.2, 0) is 29.0 Å². The SMILES string of the molecule is COc1ccc(CN(CCCCNC(=O)OC(C)(C)C)CC2Cc3ccccc3CN2C(=O)OC(C)(C)C)nc1. The smallest absolute Gasteiger partial charge is 0.410 e. The Balaban J connectivity index is 1.71. The Hall–Kier alpha value is -3.33. The first-order valence-electron chi connectivity index (χ1n) is 14.1. The van der Waals surface area contributed by atoms with E-state index in [2.05, 4.69) is 33.4 Å². The average molecular weight is 555 g/mol. The molecule has 0 saturated heterocycles. The van der Waals surface area contributed by atoms with Gasteiger partial charge in [0.2, 0.25) is 0 Å². The summed E-state index contributed by atoms with van der Waals surface area (Å²) in [7, 11) is 1.63. The third-order valence-corrected chi connectivity index (χ3v) is 6.44. The van der Waals surface area contributed by atoms with Gasteiger partial charge in [0.15, 0.2) is 0 Å². The van der Waals surface area contributed by atoms with Crippen molar-refractivity contribution in [1.82, 2.24) is 20.1 Å². The first-order chi connectivity index (χ1) is 18.8. The van der Waals surface area contributed by atoms with Crippen molar-refractivity contribution in [2.75, 3.05) is 26.7 Å². The second-order valence-electron chi connectivity index (χ2n) is 12.3. The highest BCUT2D eigenvalue weighted by molar-refractivity contribution is 5.69. The summed E-state index contributed by atoms with van der Waals surface area (Å²) in [4.78, 5) is 34.1. The van der Waals surface area contributed by atoms with Crippen molar-refractivity contribution in [3.63, 3.8) is 0 Å². The molecule has 0 spiro atoms. The van der Waals surface area contributed by atoms with E-state index in [1.807, 2.05) is 64.6 Å². The molecule has 2 heterocycles. The molecule has 2 amide bonds. The minimum absolute atomic E-state index is 0.0529. The van der Waals surface area contributed by atoms with E-state index in [-0.39, 0.29) is 12.1 Å². The molecule has 0 radical (unpaired) electrons. The zero-order valence-electron chi connectivity index (χ0n) is 25.2. The Bertz CT molecular complexity index is 1110. The summed E-state index contributed by atoms with van der Waals surface area (Å²) >= 11 is 0. The fourth-order valence-electron chi connectivity index (χ4n) is 4.64. The number of pyridine rings is 1. The van der Waals surface area contributed by atoms with Crippen molar-refractivity contribution in [1.29, 1.82) is 0 Å². The number of carbonyl (C=O) groups is 2. The van der Waals surface area contributed by atoms with Gasteiger partial charge in [0, 0.05) is 26.2 Å². The second-order valence-corrected chi connectivity index (χ2v) is 12.3. The number of alkyl carbamates (subject to hydrolysis) is 1. The number of benzene rings is 1. The first-order valence-corrected chi connectivity index (χ1v) is 14.1. The van der Waals surface area contributed by atoms with Crippen LogP contribution in [0, 0.1) is 0 Å². The molecule has 2 aromatic rings. The van der Waals surface area contributed by atoms with E-state index >= 15 is 0 Å². The third-order valence-electron chi connectivity index (χ3n) is 6.44. The van der Waals surface area contributed by atoms with Gasteiger partial charge in [0.05, 0.1) is 25.0 Å². The maximum Gasteiger partial charge on any atom is 0.410 e. The van der Waals surface area contributed by atoms with Gasteiger partial charge in [-0.3, -0.25) is 14.8 Å². The first kappa shape index (κ1) is 31.2. The second kappa shape index (κ2) is 13.8. The number of methoxy groups -OCH3 is 1. The molecular weight excluding hydrogens is 508 g/mol. The molecule has 0 aliphatic carbocycles. The molecule has 0 fully saturated rings. The molecule has 1 N–H and O–H groups in total. The Labute approximate surface area is 239 Å². The summed E-state index contributed by atoms with van der Waals surface area (Å²) in [6.07, 6.45) is 3.44. The van der Waals surface area contributed by atoms with Gasteiger partial charge in [-0.05, 0) is 90.6 Å². The van der Waals surface area contributed by atoms with Crippen LogP contribution < -0.4 is 10.1 Å². The van der Waals surface area contributed by atoms with Crippen LogP contribution in [0.15, 0.2) is 42.6 Å². The number of hydrogen-bond donors (Lipinski definition) is 1. The number of ether oxygens (including phenoxy) is 3. The molecule has 0 bridgehead atoms. The molecule has 1 aromatic heterocycles. The van der Waals surface area contributed by atoms with Crippen LogP contribution in [0.25, 0.3) is 0 Å². The van der Waals surface area contributed by atoms with E-state index in [1.54, 1.807) is 13.3 Å². The summed E-state index contributed by atoms with van der Waals surface area (Å²) in [6, 6.07) is 12.1. The number of nitrogens with one attached hydrogen (secondary N) is 1. The van der Waals surface area contributed by atoms with Gasteiger partial charge < -0.3 is 19.5 Å². The minimum Gasteiger partial charge on any atom is -0.495 e. The van der Waals surface area contributed by atoms with Gasteiger partial charge in [-0.25, -0.2) is 9.59 Å². The van der Waals surface area contributed by atoms with Crippen molar-refractivity contribution < 1.29 is 23.8 Å². The molecule has 1 aliphatic heterocycles. The van der Waals surface area contributed by atoms with Gasteiger partial charge in [0.1, 0.15) is 17.0 Å². The highest BCUT2D eigenvalue weighted by atomic mass is 16.6. The van der Waals surface area contributed by atoms with Crippen LogP contribution in [0.4, 0.5) is 9.59 Å². The van der Waals surface area contributed by atoms with Crippen LogP contribution in [0.5, 0.6) is 5.75 Å². The molecular formula is C31H46N4O5. The average Bonchev–Trinajstić information content (AvgIpc) is 2.86. The van der Waals surface area contributed by atoms with Crippen LogP contribution in [-0.4, -0.2) is 71.0 Å². The molecule has 9 heteroatoms. The monoisotopic (exact) mass is 554 g/mol. The molecule has 40 heavy (non-hydrogen) atoms. The maximum atomic E-state index is 13.3. The lowest BCUT2D eigenvalue weighted by molar-refractivity contribution is 0.00708. The summed E-state index contributed by atoms with van der Waals surface area (Å²) in [5, 5.41) is 2.84. The number of unbranched alkanes of at least 4 members (excludes halogenated alkanes) is 1. The lowest BCUT2D eigenvalue weighted by Crippen LogP contribution is -2.51. The Morgan fingerprint density at radius 1 is 1.00 bits per heavy atom. The van der Waals surface area contributed by atoms with Crippen molar-refractivity contribution in [2.45, 2.75) is 91.1 Å². The van der Waals surface area contributed by atoms with Gasteiger partial charge in [-0.1, -0.05) is 24.3 Å². The van der Waals surface area contributed by atoms with Gasteiger partial charge in [0.25, 0.3) is 0 Å². The summed E-state index contributed by atoms with van der Waals surface area (Å²) in [5.41, 5.74) is 2.24. The number of amides is 2. The molecule has 1 aliphatic rings. The fourth-order valence-corrected chi connectivity index (χ4v) is 4.64.